The molecular weight excluding hydrogens is 194 g/mol. The lowest BCUT2D eigenvalue weighted by Gasteiger charge is -2.22. The highest BCUT2D eigenvalue weighted by molar-refractivity contribution is 6.34. The number of carbonyl (C=O) groups is 2. The van der Waals surface area contributed by atoms with E-state index in [9.17, 15) is 9.59 Å². The van der Waals surface area contributed by atoms with E-state index >= 15 is 0 Å². The van der Waals surface area contributed by atoms with Gasteiger partial charge in [-0.2, -0.15) is 0 Å². The maximum Gasteiger partial charge on any atom is 0.323 e. The van der Waals surface area contributed by atoms with Gasteiger partial charge in [0, 0.05) is 6.04 Å². The van der Waals surface area contributed by atoms with E-state index in [0.29, 0.717) is 5.92 Å². The zero-order valence-corrected chi connectivity index (χ0v) is 9.08. The molecule has 1 rings (SSSR count). The highest BCUT2D eigenvalue weighted by Crippen LogP contribution is 2.22. The third-order valence-corrected chi connectivity index (χ3v) is 3.02. The normalized spacial score (nSPS) is 26.5. The van der Waals surface area contributed by atoms with Gasteiger partial charge >= 0.3 is 11.8 Å². The number of nitrogens with two attached hydrogens (primary N) is 1. The van der Waals surface area contributed by atoms with Gasteiger partial charge in [-0.05, 0) is 18.8 Å². The fraction of sp³-hybridized carbons (Fsp3) is 0.800. The van der Waals surface area contributed by atoms with Gasteiger partial charge < -0.3 is 5.32 Å². The molecule has 5 heteroatoms. The molecule has 0 aromatic heterocycles. The Labute approximate surface area is 89.8 Å². The molecule has 0 saturated heterocycles. The van der Waals surface area contributed by atoms with Gasteiger partial charge in [0.05, 0.1) is 0 Å². The van der Waals surface area contributed by atoms with Gasteiger partial charge in [-0.15, -0.1) is 0 Å². The van der Waals surface area contributed by atoms with Crippen LogP contribution in [0.5, 0.6) is 0 Å². The van der Waals surface area contributed by atoms with Crippen molar-refractivity contribution in [2.45, 2.75) is 45.1 Å². The van der Waals surface area contributed by atoms with E-state index in [2.05, 4.69) is 12.2 Å². The van der Waals surface area contributed by atoms with Gasteiger partial charge in [-0.25, -0.2) is 5.84 Å². The Morgan fingerprint density at radius 1 is 1.13 bits per heavy atom. The van der Waals surface area contributed by atoms with E-state index in [1.54, 1.807) is 0 Å². The van der Waals surface area contributed by atoms with Crippen molar-refractivity contribution in [2.24, 2.45) is 11.8 Å². The minimum Gasteiger partial charge on any atom is -0.345 e. The number of nitrogens with one attached hydrogen (secondary N) is 2. The Balaban J connectivity index is 2.47. The molecule has 0 aromatic carbocycles. The van der Waals surface area contributed by atoms with E-state index in [1.165, 1.54) is 12.8 Å². The van der Waals surface area contributed by atoms with Crippen molar-refractivity contribution in [1.82, 2.24) is 10.7 Å². The molecule has 5 nitrogen and oxygen atoms in total. The first kappa shape index (κ1) is 12.0. The number of carbonyl (C=O) groups excluding carboxylic acids is 2. The molecule has 0 aromatic rings. The minimum absolute atomic E-state index is 0.109. The first-order valence-electron chi connectivity index (χ1n) is 5.46. The molecule has 2 atom stereocenters. The number of amides is 2. The fourth-order valence-corrected chi connectivity index (χ4v) is 2.01. The standard InChI is InChI=1S/C10H19N3O2/c1-7-5-3-2-4-6-8(7)12-9(14)10(15)13-11/h7-8H,2-6,11H2,1H3,(H,12,14)(H,13,15). The second-order valence-electron chi connectivity index (χ2n) is 4.17. The van der Waals surface area contributed by atoms with Crippen LogP contribution in [0.1, 0.15) is 39.0 Å². The Morgan fingerprint density at radius 2 is 1.80 bits per heavy atom. The van der Waals surface area contributed by atoms with Gasteiger partial charge in [-0.1, -0.05) is 26.2 Å². The second-order valence-corrected chi connectivity index (χ2v) is 4.17. The summed E-state index contributed by atoms with van der Waals surface area (Å²) in [7, 11) is 0. The molecule has 1 fully saturated rings. The highest BCUT2D eigenvalue weighted by Gasteiger charge is 2.23. The first-order valence-corrected chi connectivity index (χ1v) is 5.46. The summed E-state index contributed by atoms with van der Waals surface area (Å²) >= 11 is 0. The van der Waals surface area contributed by atoms with Crippen molar-refractivity contribution in [2.75, 3.05) is 0 Å². The molecule has 0 aliphatic heterocycles. The Kier molecular flexibility index (Phi) is 4.55. The second kappa shape index (κ2) is 5.70. The molecule has 86 valence electrons. The average Bonchev–Trinajstić information content (AvgIpc) is 2.43. The van der Waals surface area contributed by atoms with Gasteiger partial charge in [-0.3, -0.25) is 15.0 Å². The summed E-state index contributed by atoms with van der Waals surface area (Å²) in [6, 6.07) is 0.109. The molecule has 0 bridgehead atoms. The molecule has 1 saturated carbocycles. The van der Waals surface area contributed by atoms with Crippen molar-refractivity contribution < 1.29 is 9.59 Å². The SMILES string of the molecule is CC1CCCCCC1NC(=O)C(=O)NN. The summed E-state index contributed by atoms with van der Waals surface area (Å²) in [6.45, 7) is 2.11. The van der Waals surface area contributed by atoms with Crippen LogP contribution in [0.3, 0.4) is 0 Å². The van der Waals surface area contributed by atoms with Crippen LogP contribution in [-0.2, 0) is 9.59 Å². The van der Waals surface area contributed by atoms with E-state index in [1.807, 2.05) is 5.43 Å². The predicted molar refractivity (Wildman–Crippen MR) is 56.5 cm³/mol. The molecule has 1 aliphatic rings. The van der Waals surface area contributed by atoms with Crippen LogP contribution < -0.4 is 16.6 Å². The highest BCUT2D eigenvalue weighted by atomic mass is 16.2. The third-order valence-electron chi connectivity index (χ3n) is 3.02. The fourth-order valence-electron chi connectivity index (χ4n) is 2.01. The van der Waals surface area contributed by atoms with Crippen LogP contribution in [0.15, 0.2) is 0 Å². The third kappa shape index (κ3) is 3.51. The van der Waals surface area contributed by atoms with E-state index in [4.69, 9.17) is 5.84 Å². The Morgan fingerprint density at radius 3 is 2.47 bits per heavy atom. The zero-order chi connectivity index (χ0) is 11.3. The van der Waals surface area contributed by atoms with Crippen LogP contribution >= 0.6 is 0 Å². The summed E-state index contributed by atoms with van der Waals surface area (Å²) in [6.07, 6.45) is 5.58. The predicted octanol–water partition coefficient (Wildman–Crippen LogP) is 0.0613. The zero-order valence-electron chi connectivity index (χ0n) is 9.08. The van der Waals surface area contributed by atoms with Gasteiger partial charge in [0.2, 0.25) is 0 Å². The number of hydrazine groups is 1. The van der Waals surface area contributed by atoms with Crippen LogP contribution in [0.25, 0.3) is 0 Å². The van der Waals surface area contributed by atoms with Crippen molar-refractivity contribution in [3.8, 4) is 0 Å². The summed E-state index contributed by atoms with van der Waals surface area (Å²) in [5.41, 5.74) is 1.83. The largest absolute Gasteiger partial charge is 0.345 e. The maximum absolute atomic E-state index is 11.3. The van der Waals surface area contributed by atoms with Crippen LogP contribution in [0, 0.1) is 5.92 Å². The average molecular weight is 213 g/mol. The van der Waals surface area contributed by atoms with Crippen molar-refractivity contribution in [3.63, 3.8) is 0 Å². The number of rotatable bonds is 1. The maximum atomic E-state index is 11.3. The van der Waals surface area contributed by atoms with Crippen molar-refractivity contribution in [3.05, 3.63) is 0 Å². The topological polar surface area (TPSA) is 84.2 Å². The molecule has 15 heavy (non-hydrogen) atoms. The number of hydrogen-bond acceptors (Lipinski definition) is 3. The molecule has 0 heterocycles. The lowest BCUT2D eigenvalue weighted by atomic mass is 9.97. The van der Waals surface area contributed by atoms with Crippen LogP contribution in [0.4, 0.5) is 0 Å². The monoisotopic (exact) mass is 213 g/mol. The minimum atomic E-state index is -0.772. The molecule has 4 N–H and O–H groups in total. The van der Waals surface area contributed by atoms with Crippen molar-refractivity contribution in [1.29, 1.82) is 0 Å². The van der Waals surface area contributed by atoms with Gasteiger partial charge in [0.1, 0.15) is 0 Å². The summed E-state index contributed by atoms with van der Waals surface area (Å²) in [5.74, 6) is 3.92. The molecule has 0 radical (unpaired) electrons. The van der Waals surface area contributed by atoms with Crippen LogP contribution in [-0.4, -0.2) is 17.9 Å². The molecule has 1 aliphatic carbocycles. The smallest absolute Gasteiger partial charge is 0.323 e. The first-order chi connectivity index (χ1) is 7.15. The van der Waals surface area contributed by atoms with Gasteiger partial charge in [0.25, 0.3) is 0 Å². The van der Waals surface area contributed by atoms with E-state index < -0.39 is 11.8 Å². The lowest BCUT2D eigenvalue weighted by molar-refractivity contribution is -0.139. The molecular formula is C10H19N3O2. The number of hydrogen-bond donors (Lipinski definition) is 3. The molecule has 2 unspecified atom stereocenters. The summed E-state index contributed by atoms with van der Waals surface area (Å²) in [5, 5.41) is 2.73. The molecule has 2 amide bonds. The van der Waals surface area contributed by atoms with Gasteiger partial charge in [0.15, 0.2) is 0 Å². The quantitative estimate of drug-likeness (QED) is 0.189. The summed E-state index contributed by atoms with van der Waals surface area (Å²) < 4.78 is 0. The Hall–Kier alpha value is -1.10. The lowest BCUT2D eigenvalue weighted by Crippen LogP contribution is -2.48. The van der Waals surface area contributed by atoms with E-state index in [0.717, 1.165) is 19.3 Å². The molecule has 0 spiro atoms. The van der Waals surface area contributed by atoms with Crippen LogP contribution in [0.2, 0.25) is 0 Å². The van der Waals surface area contributed by atoms with E-state index in [-0.39, 0.29) is 6.04 Å². The Bertz CT molecular complexity index is 243. The summed E-state index contributed by atoms with van der Waals surface area (Å²) in [4.78, 5) is 22.2. The van der Waals surface area contributed by atoms with Crippen molar-refractivity contribution >= 4 is 11.8 Å².